The largest absolute Gasteiger partial charge is 0.461 e. The summed E-state index contributed by atoms with van der Waals surface area (Å²) in [5.41, 5.74) is 2.35. The summed E-state index contributed by atoms with van der Waals surface area (Å²) >= 11 is 0. The molecule has 0 amide bonds. The SMILES string of the molecule is O=C(CC(CN1CCN(c2ccccc2)CC1)N1CCCCCC1)OCc1ccccc1. The van der Waals surface area contributed by atoms with Crippen LogP contribution in [0.3, 0.4) is 0 Å². The first-order chi connectivity index (χ1) is 15.8. The summed E-state index contributed by atoms with van der Waals surface area (Å²) in [6.45, 7) is 7.66. The van der Waals surface area contributed by atoms with E-state index in [-0.39, 0.29) is 12.0 Å². The van der Waals surface area contributed by atoms with Gasteiger partial charge in [0.1, 0.15) is 6.61 Å². The number of rotatable bonds is 8. The second-order valence-corrected chi connectivity index (χ2v) is 9.08. The number of para-hydroxylation sites is 1. The topological polar surface area (TPSA) is 36.0 Å². The first kappa shape index (κ1) is 22.8. The van der Waals surface area contributed by atoms with Gasteiger partial charge in [-0.15, -0.1) is 0 Å². The highest BCUT2D eigenvalue weighted by Crippen LogP contribution is 2.19. The first-order valence-corrected chi connectivity index (χ1v) is 12.2. The number of ether oxygens (including phenoxy) is 1. The van der Waals surface area contributed by atoms with Gasteiger partial charge in [-0.1, -0.05) is 61.4 Å². The van der Waals surface area contributed by atoms with Crippen LogP contribution in [0.2, 0.25) is 0 Å². The first-order valence-electron chi connectivity index (χ1n) is 12.2. The fourth-order valence-electron chi connectivity index (χ4n) is 4.88. The Labute approximate surface area is 193 Å². The normalized spacial score (nSPS) is 19.3. The Morgan fingerprint density at radius 3 is 2.06 bits per heavy atom. The molecule has 0 spiro atoms. The maximum Gasteiger partial charge on any atom is 0.307 e. The predicted octanol–water partition coefficient (Wildman–Crippen LogP) is 4.19. The molecule has 2 aromatic carbocycles. The summed E-state index contributed by atoms with van der Waals surface area (Å²) in [4.78, 5) is 20.3. The zero-order valence-corrected chi connectivity index (χ0v) is 19.2. The van der Waals surface area contributed by atoms with Gasteiger partial charge >= 0.3 is 5.97 Å². The number of carbonyl (C=O) groups excluding carboxylic acids is 1. The number of nitrogens with zero attached hydrogens (tertiary/aromatic N) is 3. The van der Waals surface area contributed by atoms with Gasteiger partial charge in [-0.25, -0.2) is 0 Å². The maximum absolute atomic E-state index is 12.8. The van der Waals surface area contributed by atoms with E-state index in [0.717, 1.165) is 51.4 Å². The van der Waals surface area contributed by atoms with Crippen LogP contribution in [-0.4, -0.2) is 67.6 Å². The van der Waals surface area contributed by atoms with Crippen molar-refractivity contribution in [2.45, 2.75) is 44.8 Å². The number of likely N-dealkylation sites (tertiary alicyclic amines) is 1. The lowest BCUT2D eigenvalue weighted by atomic mass is 10.1. The van der Waals surface area contributed by atoms with Crippen molar-refractivity contribution in [2.24, 2.45) is 0 Å². The molecule has 172 valence electrons. The van der Waals surface area contributed by atoms with Crippen LogP contribution >= 0.6 is 0 Å². The Morgan fingerprint density at radius 1 is 0.781 bits per heavy atom. The summed E-state index contributed by atoms with van der Waals surface area (Å²) in [6, 6.07) is 20.9. The van der Waals surface area contributed by atoms with Crippen LogP contribution in [0, 0.1) is 0 Å². The van der Waals surface area contributed by atoms with E-state index >= 15 is 0 Å². The average molecular weight is 436 g/mol. The quantitative estimate of drug-likeness (QED) is 0.581. The van der Waals surface area contributed by atoms with Crippen molar-refractivity contribution >= 4 is 11.7 Å². The van der Waals surface area contributed by atoms with E-state index in [9.17, 15) is 4.79 Å². The minimum atomic E-state index is -0.0778. The molecule has 0 radical (unpaired) electrons. The summed E-state index contributed by atoms with van der Waals surface area (Å²) < 4.78 is 5.65. The predicted molar refractivity (Wildman–Crippen MR) is 130 cm³/mol. The van der Waals surface area contributed by atoms with Crippen LogP contribution in [0.25, 0.3) is 0 Å². The molecular weight excluding hydrogens is 398 g/mol. The molecule has 0 N–H and O–H groups in total. The zero-order valence-electron chi connectivity index (χ0n) is 19.2. The molecule has 4 rings (SSSR count). The number of hydrogen-bond donors (Lipinski definition) is 0. The molecule has 2 aliphatic heterocycles. The molecule has 32 heavy (non-hydrogen) atoms. The zero-order chi connectivity index (χ0) is 22.0. The molecule has 5 nitrogen and oxygen atoms in total. The summed E-state index contributed by atoms with van der Waals surface area (Å²) in [5.74, 6) is -0.0778. The van der Waals surface area contributed by atoms with Gasteiger partial charge in [-0.05, 0) is 43.6 Å². The van der Waals surface area contributed by atoms with Crippen LogP contribution in [0.15, 0.2) is 60.7 Å². The molecular formula is C27H37N3O2. The minimum Gasteiger partial charge on any atom is -0.461 e. The maximum atomic E-state index is 12.8. The lowest BCUT2D eigenvalue weighted by molar-refractivity contribution is -0.146. The summed E-state index contributed by atoms with van der Waals surface area (Å²) in [6.07, 6.45) is 5.55. The Morgan fingerprint density at radius 2 is 1.41 bits per heavy atom. The van der Waals surface area contributed by atoms with E-state index in [1.807, 2.05) is 30.3 Å². The van der Waals surface area contributed by atoms with Gasteiger partial charge in [0.2, 0.25) is 0 Å². The standard InChI is InChI=1S/C27H37N3O2/c31-27(32-23-24-11-5-3-6-12-24)21-26(29-15-9-1-2-10-16-29)22-28-17-19-30(20-18-28)25-13-7-4-8-14-25/h3-8,11-14,26H,1-2,9-10,15-23H2. The van der Waals surface area contributed by atoms with Gasteiger partial charge in [0.15, 0.2) is 0 Å². The Hall–Kier alpha value is -2.37. The van der Waals surface area contributed by atoms with Gasteiger partial charge < -0.3 is 9.64 Å². The molecule has 0 bridgehead atoms. The van der Waals surface area contributed by atoms with Gasteiger partial charge in [-0.3, -0.25) is 14.6 Å². The van der Waals surface area contributed by atoms with Crippen molar-refractivity contribution in [2.75, 3.05) is 50.7 Å². The van der Waals surface area contributed by atoms with E-state index in [1.54, 1.807) is 0 Å². The molecule has 2 aliphatic rings. The van der Waals surface area contributed by atoms with Gasteiger partial charge in [0.05, 0.1) is 6.42 Å². The van der Waals surface area contributed by atoms with E-state index in [2.05, 4.69) is 45.0 Å². The van der Waals surface area contributed by atoms with Crippen LogP contribution in [-0.2, 0) is 16.1 Å². The fourth-order valence-corrected chi connectivity index (χ4v) is 4.88. The lowest BCUT2D eigenvalue weighted by Crippen LogP contribution is -2.52. The smallest absolute Gasteiger partial charge is 0.307 e. The summed E-state index contributed by atoms with van der Waals surface area (Å²) in [5, 5.41) is 0. The Balaban J connectivity index is 1.32. The second-order valence-electron chi connectivity index (χ2n) is 9.08. The van der Waals surface area contributed by atoms with Crippen LogP contribution < -0.4 is 4.90 Å². The summed E-state index contributed by atoms with van der Waals surface area (Å²) in [7, 11) is 0. The van der Waals surface area contributed by atoms with Crippen LogP contribution in [0.5, 0.6) is 0 Å². The third kappa shape index (κ3) is 6.81. The molecule has 2 heterocycles. The van der Waals surface area contributed by atoms with Crippen LogP contribution in [0.1, 0.15) is 37.7 Å². The monoisotopic (exact) mass is 435 g/mol. The molecule has 1 atom stereocenters. The third-order valence-corrected chi connectivity index (χ3v) is 6.76. The molecule has 2 fully saturated rings. The van der Waals surface area contributed by atoms with Crippen molar-refractivity contribution < 1.29 is 9.53 Å². The van der Waals surface area contributed by atoms with E-state index in [0.29, 0.717) is 13.0 Å². The highest BCUT2D eigenvalue weighted by molar-refractivity contribution is 5.70. The number of carbonyl (C=O) groups is 1. The van der Waals surface area contributed by atoms with Crippen LogP contribution in [0.4, 0.5) is 5.69 Å². The number of hydrogen-bond acceptors (Lipinski definition) is 5. The molecule has 1 unspecified atom stereocenters. The number of anilines is 1. The van der Waals surface area contributed by atoms with E-state index in [4.69, 9.17) is 4.74 Å². The molecule has 2 aromatic rings. The van der Waals surface area contributed by atoms with Crippen molar-refractivity contribution in [3.05, 3.63) is 66.2 Å². The van der Waals surface area contributed by atoms with Crippen molar-refractivity contribution in [1.29, 1.82) is 0 Å². The highest BCUT2D eigenvalue weighted by Gasteiger charge is 2.27. The molecule has 2 saturated heterocycles. The van der Waals surface area contributed by atoms with Crippen molar-refractivity contribution in [1.82, 2.24) is 9.80 Å². The van der Waals surface area contributed by atoms with Gasteiger partial charge in [0.25, 0.3) is 0 Å². The number of benzene rings is 2. The van der Waals surface area contributed by atoms with Crippen molar-refractivity contribution in [3.8, 4) is 0 Å². The lowest BCUT2D eigenvalue weighted by Gasteiger charge is -2.40. The minimum absolute atomic E-state index is 0.0778. The molecule has 0 aromatic heterocycles. The number of esters is 1. The van der Waals surface area contributed by atoms with E-state index in [1.165, 1.54) is 31.4 Å². The second kappa shape index (κ2) is 12.0. The Kier molecular flexibility index (Phi) is 8.57. The number of piperazine rings is 1. The van der Waals surface area contributed by atoms with Gasteiger partial charge in [-0.2, -0.15) is 0 Å². The van der Waals surface area contributed by atoms with Gasteiger partial charge in [0, 0.05) is 44.5 Å². The molecule has 0 aliphatic carbocycles. The van der Waals surface area contributed by atoms with Crippen molar-refractivity contribution in [3.63, 3.8) is 0 Å². The third-order valence-electron chi connectivity index (χ3n) is 6.76. The Bertz CT molecular complexity index is 798. The average Bonchev–Trinajstić information content (AvgIpc) is 3.14. The highest BCUT2D eigenvalue weighted by atomic mass is 16.5. The molecule has 5 heteroatoms. The fraction of sp³-hybridized carbons (Fsp3) is 0.519. The van der Waals surface area contributed by atoms with E-state index < -0.39 is 0 Å². The molecule has 0 saturated carbocycles.